The standard InChI is InChI=1S/C18H24N2O2/c1-14-19-16(13-22-14)12-20-11-3-2-4-17(20)8-5-15-6-9-18(21)10-7-15/h6-7,9-10,13,17,21H,2-5,8,11-12H2,1H3/t17-/m1/s1. The first kappa shape index (κ1) is 15.1. The molecule has 0 amide bonds. The number of oxazole rings is 1. The van der Waals surface area contributed by atoms with Gasteiger partial charge in [0.1, 0.15) is 12.0 Å². The Balaban J connectivity index is 1.58. The molecule has 2 aromatic rings. The molecule has 0 spiro atoms. The average Bonchev–Trinajstić information content (AvgIpc) is 2.93. The summed E-state index contributed by atoms with van der Waals surface area (Å²) in [7, 11) is 0. The van der Waals surface area contributed by atoms with Crippen LogP contribution in [0.4, 0.5) is 0 Å². The lowest BCUT2D eigenvalue weighted by atomic mass is 9.95. The second-order valence-electron chi connectivity index (χ2n) is 6.18. The highest BCUT2D eigenvalue weighted by molar-refractivity contribution is 5.25. The number of aromatic hydroxyl groups is 1. The van der Waals surface area contributed by atoms with E-state index in [2.05, 4.69) is 9.88 Å². The largest absolute Gasteiger partial charge is 0.508 e. The maximum absolute atomic E-state index is 9.36. The minimum atomic E-state index is 0.337. The Morgan fingerprint density at radius 3 is 2.82 bits per heavy atom. The van der Waals surface area contributed by atoms with Crippen LogP contribution in [0.2, 0.25) is 0 Å². The molecule has 1 aliphatic rings. The number of nitrogens with zero attached hydrogens (tertiary/aromatic N) is 2. The van der Waals surface area contributed by atoms with E-state index >= 15 is 0 Å². The predicted molar refractivity (Wildman–Crippen MR) is 85.7 cm³/mol. The van der Waals surface area contributed by atoms with E-state index in [-0.39, 0.29) is 0 Å². The Kier molecular flexibility index (Phi) is 4.78. The Hall–Kier alpha value is -1.81. The number of phenols is 1. The Bertz CT molecular complexity index is 591. The number of piperidine rings is 1. The molecule has 4 nitrogen and oxygen atoms in total. The smallest absolute Gasteiger partial charge is 0.191 e. The van der Waals surface area contributed by atoms with Gasteiger partial charge in [0, 0.05) is 19.5 Å². The average molecular weight is 300 g/mol. The molecule has 1 fully saturated rings. The van der Waals surface area contributed by atoms with Gasteiger partial charge in [0.15, 0.2) is 5.89 Å². The van der Waals surface area contributed by atoms with E-state index < -0.39 is 0 Å². The van der Waals surface area contributed by atoms with E-state index in [0.717, 1.165) is 37.5 Å². The molecule has 3 rings (SSSR count). The lowest BCUT2D eigenvalue weighted by molar-refractivity contribution is 0.131. The second kappa shape index (κ2) is 6.97. The summed E-state index contributed by atoms with van der Waals surface area (Å²) in [5.74, 6) is 1.08. The quantitative estimate of drug-likeness (QED) is 0.915. The zero-order chi connectivity index (χ0) is 15.4. The van der Waals surface area contributed by atoms with Crippen molar-refractivity contribution in [3.05, 3.63) is 47.7 Å². The van der Waals surface area contributed by atoms with Crippen LogP contribution in [-0.2, 0) is 13.0 Å². The van der Waals surface area contributed by atoms with Crippen molar-refractivity contribution < 1.29 is 9.52 Å². The molecular formula is C18H24N2O2. The minimum Gasteiger partial charge on any atom is -0.508 e. The fraction of sp³-hybridized carbons (Fsp3) is 0.500. The van der Waals surface area contributed by atoms with Crippen molar-refractivity contribution in [1.29, 1.82) is 0 Å². The third-order valence-electron chi connectivity index (χ3n) is 4.48. The normalized spacial score (nSPS) is 19.4. The topological polar surface area (TPSA) is 49.5 Å². The van der Waals surface area contributed by atoms with Gasteiger partial charge in [-0.3, -0.25) is 4.90 Å². The first-order valence-electron chi connectivity index (χ1n) is 8.13. The molecule has 1 saturated heterocycles. The highest BCUT2D eigenvalue weighted by Gasteiger charge is 2.23. The van der Waals surface area contributed by atoms with Gasteiger partial charge in [-0.2, -0.15) is 0 Å². The summed E-state index contributed by atoms with van der Waals surface area (Å²) in [6.45, 7) is 3.92. The van der Waals surface area contributed by atoms with Gasteiger partial charge in [-0.1, -0.05) is 18.6 Å². The van der Waals surface area contributed by atoms with Crippen LogP contribution in [0, 0.1) is 6.92 Å². The molecule has 4 heteroatoms. The highest BCUT2D eigenvalue weighted by Crippen LogP contribution is 2.23. The third kappa shape index (κ3) is 3.89. The number of hydrogen-bond acceptors (Lipinski definition) is 4. The molecule has 22 heavy (non-hydrogen) atoms. The monoisotopic (exact) mass is 300 g/mol. The maximum Gasteiger partial charge on any atom is 0.191 e. The molecule has 1 aliphatic heterocycles. The third-order valence-corrected chi connectivity index (χ3v) is 4.48. The summed E-state index contributed by atoms with van der Waals surface area (Å²) in [6, 6.07) is 8.19. The van der Waals surface area contributed by atoms with Crippen molar-refractivity contribution in [2.45, 2.75) is 51.6 Å². The van der Waals surface area contributed by atoms with Crippen LogP contribution in [-0.4, -0.2) is 27.6 Å². The van der Waals surface area contributed by atoms with E-state index in [0.29, 0.717) is 11.8 Å². The molecule has 0 saturated carbocycles. The molecule has 1 aromatic carbocycles. The first-order valence-corrected chi connectivity index (χ1v) is 8.13. The van der Waals surface area contributed by atoms with E-state index in [1.54, 1.807) is 18.4 Å². The van der Waals surface area contributed by atoms with E-state index in [9.17, 15) is 5.11 Å². The lowest BCUT2D eigenvalue weighted by Gasteiger charge is -2.35. The van der Waals surface area contributed by atoms with Crippen molar-refractivity contribution in [2.75, 3.05) is 6.54 Å². The molecule has 0 bridgehead atoms. The number of phenolic OH excluding ortho intramolecular Hbond substituents is 1. The molecule has 0 radical (unpaired) electrons. The van der Waals surface area contributed by atoms with Crippen molar-refractivity contribution in [3.63, 3.8) is 0 Å². The van der Waals surface area contributed by atoms with Crippen molar-refractivity contribution in [2.24, 2.45) is 0 Å². The van der Waals surface area contributed by atoms with Gasteiger partial charge in [-0.25, -0.2) is 4.98 Å². The van der Waals surface area contributed by atoms with Gasteiger partial charge in [0.25, 0.3) is 0 Å². The molecule has 0 aliphatic carbocycles. The Morgan fingerprint density at radius 2 is 2.09 bits per heavy atom. The Labute approximate surface area is 131 Å². The number of rotatable bonds is 5. The van der Waals surface area contributed by atoms with Crippen LogP contribution in [0.5, 0.6) is 5.75 Å². The number of aryl methyl sites for hydroxylation is 2. The SMILES string of the molecule is Cc1nc(CN2CCCC[C@@H]2CCc2ccc(O)cc2)co1. The summed E-state index contributed by atoms with van der Waals surface area (Å²) >= 11 is 0. The van der Waals surface area contributed by atoms with Gasteiger partial charge in [0.05, 0.1) is 5.69 Å². The van der Waals surface area contributed by atoms with Crippen LogP contribution in [0.25, 0.3) is 0 Å². The summed E-state index contributed by atoms with van der Waals surface area (Å²) in [5, 5.41) is 9.36. The molecule has 1 aromatic heterocycles. The lowest BCUT2D eigenvalue weighted by Crippen LogP contribution is -2.39. The molecule has 0 unspecified atom stereocenters. The van der Waals surface area contributed by atoms with Crippen LogP contribution in [0.15, 0.2) is 34.9 Å². The van der Waals surface area contributed by atoms with E-state index in [1.165, 1.54) is 24.8 Å². The van der Waals surface area contributed by atoms with Gasteiger partial charge in [-0.15, -0.1) is 0 Å². The van der Waals surface area contributed by atoms with Crippen LogP contribution in [0.1, 0.15) is 42.8 Å². The number of benzene rings is 1. The summed E-state index contributed by atoms with van der Waals surface area (Å²) in [4.78, 5) is 6.97. The van der Waals surface area contributed by atoms with Crippen molar-refractivity contribution in [3.8, 4) is 5.75 Å². The number of likely N-dealkylation sites (tertiary alicyclic amines) is 1. The van der Waals surface area contributed by atoms with Crippen molar-refractivity contribution in [1.82, 2.24) is 9.88 Å². The molecular weight excluding hydrogens is 276 g/mol. The van der Waals surface area contributed by atoms with Gasteiger partial charge < -0.3 is 9.52 Å². The number of aromatic nitrogens is 1. The van der Waals surface area contributed by atoms with Gasteiger partial charge in [0.2, 0.25) is 0 Å². The Morgan fingerprint density at radius 1 is 1.27 bits per heavy atom. The van der Waals surface area contributed by atoms with Crippen molar-refractivity contribution >= 4 is 0 Å². The predicted octanol–water partition coefficient (Wildman–Crippen LogP) is 3.68. The first-order chi connectivity index (χ1) is 10.7. The van der Waals surface area contributed by atoms with Gasteiger partial charge in [-0.05, 0) is 49.9 Å². The zero-order valence-electron chi connectivity index (χ0n) is 13.2. The maximum atomic E-state index is 9.36. The van der Waals surface area contributed by atoms with Crippen LogP contribution >= 0.6 is 0 Å². The minimum absolute atomic E-state index is 0.337. The summed E-state index contributed by atoms with van der Waals surface area (Å²) in [5.41, 5.74) is 2.33. The summed E-state index contributed by atoms with van der Waals surface area (Å²) < 4.78 is 5.32. The fourth-order valence-corrected chi connectivity index (χ4v) is 3.28. The second-order valence-corrected chi connectivity index (χ2v) is 6.18. The van der Waals surface area contributed by atoms with Gasteiger partial charge >= 0.3 is 0 Å². The van der Waals surface area contributed by atoms with Crippen LogP contribution < -0.4 is 0 Å². The molecule has 118 valence electrons. The van der Waals surface area contributed by atoms with E-state index in [1.807, 2.05) is 19.1 Å². The molecule has 1 atom stereocenters. The zero-order valence-corrected chi connectivity index (χ0v) is 13.2. The van der Waals surface area contributed by atoms with E-state index in [4.69, 9.17) is 4.42 Å². The van der Waals surface area contributed by atoms with Crippen LogP contribution in [0.3, 0.4) is 0 Å². The molecule has 2 heterocycles. The fourth-order valence-electron chi connectivity index (χ4n) is 3.28. The number of hydrogen-bond donors (Lipinski definition) is 1. The molecule has 1 N–H and O–H groups in total. The highest BCUT2D eigenvalue weighted by atomic mass is 16.3. The summed E-state index contributed by atoms with van der Waals surface area (Å²) in [6.07, 6.45) is 7.83.